The summed E-state index contributed by atoms with van der Waals surface area (Å²) in [6.45, 7) is 0. The van der Waals surface area contributed by atoms with E-state index in [0.29, 0.717) is 25.8 Å². The number of nitrogens with zero attached hydrogens (tertiary/aromatic N) is 1. The highest BCUT2D eigenvalue weighted by molar-refractivity contribution is 9.11. The maximum absolute atomic E-state index is 9.89. The number of hydrogen-bond acceptors (Lipinski definition) is 2. The molecular weight excluding hydrogens is 417 g/mol. The SMILES string of the molecule is Oc1c(Br)cc(Br)cc1C=Nc1ccc(Cl)c(Cl)c1. The third kappa shape index (κ3) is 3.72. The molecule has 0 spiro atoms. The van der Waals surface area contributed by atoms with Crippen LogP contribution in [-0.2, 0) is 0 Å². The van der Waals surface area contributed by atoms with E-state index in [1.165, 1.54) is 0 Å². The lowest BCUT2D eigenvalue weighted by atomic mass is 10.2. The van der Waals surface area contributed by atoms with E-state index in [1.54, 1.807) is 36.5 Å². The second-order valence-electron chi connectivity index (χ2n) is 3.68. The van der Waals surface area contributed by atoms with Gasteiger partial charge in [0.25, 0.3) is 0 Å². The predicted octanol–water partition coefficient (Wildman–Crippen LogP) is 5.97. The highest BCUT2D eigenvalue weighted by Gasteiger charge is 2.05. The molecule has 0 aliphatic carbocycles. The Bertz CT molecular complexity index is 659. The van der Waals surface area contributed by atoms with Crippen LogP contribution in [0.3, 0.4) is 0 Å². The molecular formula is C13H7Br2Cl2NO. The smallest absolute Gasteiger partial charge is 0.138 e. The van der Waals surface area contributed by atoms with Gasteiger partial charge < -0.3 is 5.11 Å². The first kappa shape index (κ1) is 14.9. The van der Waals surface area contributed by atoms with Gasteiger partial charge in [0, 0.05) is 16.3 Å². The molecule has 19 heavy (non-hydrogen) atoms. The number of benzene rings is 2. The van der Waals surface area contributed by atoms with Gasteiger partial charge in [-0.1, -0.05) is 39.1 Å². The molecule has 0 atom stereocenters. The van der Waals surface area contributed by atoms with Gasteiger partial charge in [0.1, 0.15) is 5.75 Å². The molecule has 0 aliphatic heterocycles. The van der Waals surface area contributed by atoms with Crippen molar-refractivity contribution in [3.63, 3.8) is 0 Å². The van der Waals surface area contributed by atoms with Crippen molar-refractivity contribution < 1.29 is 5.11 Å². The van der Waals surface area contributed by atoms with Crippen molar-refractivity contribution in [3.8, 4) is 5.75 Å². The van der Waals surface area contributed by atoms with Gasteiger partial charge in [0.2, 0.25) is 0 Å². The van der Waals surface area contributed by atoms with E-state index in [4.69, 9.17) is 23.2 Å². The van der Waals surface area contributed by atoms with Gasteiger partial charge in [-0.3, -0.25) is 4.99 Å². The zero-order valence-corrected chi connectivity index (χ0v) is 14.1. The topological polar surface area (TPSA) is 32.6 Å². The van der Waals surface area contributed by atoms with Crippen molar-refractivity contribution in [2.75, 3.05) is 0 Å². The number of aliphatic imine (C=N–C) groups is 1. The van der Waals surface area contributed by atoms with Gasteiger partial charge in [-0.05, 0) is 46.3 Å². The van der Waals surface area contributed by atoms with Crippen LogP contribution < -0.4 is 0 Å². The Labute approximate surface area is 137 Å². The summed E-state index contributed by atoms with van der Waals surface area (Å²) >= 11 is 18.4. The number of rotatable bonds is 2. The second kappa shape index (κ2) is 6.27. The minimum atomic E-state index is 0.131. The summed E-state index contributed by atoms with van der Waals surface area (Å²) in [5.74, 6) is 0.131. The van der Waals surface area contributed by atoms with Gasteiger partial charge in [-0.2, -0.15) is 0 Å². The summed E-state index contributed by atoms with van der Waals surface area (Å²) in [6.07, 6.45) is 1.56. The summed E-state index contributed by atoms with van der Waals surface area (Å²) in [7, 11) is 0. The molecule has 0 amide bonds. The fraction of sp³-hybridized carbons (Fsp3) is 0. The first-order chi connectivity index (χ1) is 8.97. The fourth-order valence-corrected chi connectivity index (χ4v) is 2.94. The molecule has 0 fully saturated rings. The lowest BCUT2D eigenvalue weighted by Crippen LogP contribution is -1.84. The first-order valence-electron chi connectivity index (χ1n) is 5.14. The van der Waals surface area contributed by atoms with Crippen molar-refractivity contribution in [2.45, 2.75) is 0 Å². The van der Waals surface area contributed by atoms with Gasteiger partial charge in [-0.25, -0.2) is 0 Å². The predicted molar refractivity (Wildman–Crippen MR) is 87.2 cm³/mol. The molecule has 0 aromatic heterocycles. The van der Waals surface area contributed by atoms with Crippen LogP contribution in [0.5, 0.6) is 5.75 Å². The summed E-state index contributed by atoms with van der Waals surface area (Å²) in [5, 5.41) is 10.8. The standard InChI is InChI=1S/C13H7Br2Cl2NO/c14-8-3-7(13(19)10(15)4-8)6-18-9-1-2-11(16)12(17)5-9/h1-6,19H. The maximum atomic E-state index is 9.89. The van der Waals surface area contributed by atoms with Crippen molar-refractivity contribution in [1.29, 1.82) is 0 Å². The summed E-state index contributed by atoms with van der Waals surface area (Å²) in [4.78, 5) is 4.25. The van der Waals surface area contributed by atoms with E-state index in [1.807, 2.05) is 0 Å². The maximum Gasteiger partial charge on any atom is 0.138 e. The third-order valence-electron chi connectivity index (χ3n) is 2.31. The van der Waals surface area contributed by atoms with Gasteiger partial charge in [0.05, 0.1) is 20.2 Å². The van der Waals surface area contributed by atoms with Gasteiger partial charge in [0.15, 0.2) is 0 Å². The summed E-state index contributed by atoms with van der Waals surface area (Å²) in [6, 6.07) is 8.60. The average molecular weight is 424 g/mol. The molecule has 2 aromatic carbocycles. The Morgan fingerprint density at radius 2 is 1.79 bits per heavy atom. The minimum absolute atomic E-state index is 0.131. The Hall–Kier alpha value is -0.550. The van der Waals surface area contributed by atoms with Crippen LogP contribution in [-0.4, -0.2) is 11.3 Å². The fourth-order valence-electron chi connectivity index (χ4n) is 1.39. The normalized spacial score (nSPS) is 11.2. The molecule has 0 saturated carbocycles. The highest BCUT2D eigenvalue weighted by Crippen LogP contribution is 2.31. The van der Waals surface area contributed by atoms with Crippen molar-refractivity contribution >= 4 is 67.0 Å². The summed E-state index contributed by atoms with van der Waals surface area (Å²) in [5.41, 5.74) is 1.25. The highest BCUT2D eigenvalue weighted by atomic mass is 79.9. The van der Waals surface area contributed by atoms with Crippen molar-refractivity contribution in [1.82, 2.24) is 0 Å². The second-order valence-corrected chi connectivity index (χ2v) is 6.27. The molecule has 6 heteroatoms. The molecule has 2 aromatic rings. The molecule has 0 unspecified atom stereocenters. The molecule has 0 radical (unpaired) electrons. The van der Waals surface area contributed by atoms with E-state index >= 15 is 0 Å². The molecule has 0 bridgehead atoms. The summed E-state index contributed by atoms with van der Waals surface area (Å²) < 4.78 is 1.44. The van der Waals surface area contributed by atoms with E-state index in [0.717, 1.165) is 4.47 Å². The van der Waals surface area contributed by atoms with Gasteiger partial charge in [-0.15, -0.1) is 0 Å². The Balaban J connectivity index is 2.35. The molecule has 2 rings (SSSR count). The Kier molecular flexibility index (Phi) is 4.90. The van der Waals surface area contributed by atoms with Crippen LogP contribution in [0.1, 0.15) is 5.56 Å². The molecule has 0 heterocycles. The van der Waals surface area contributed by atoms with Crippen LogP contribution in [0.25, 0.3) is 0 Å². The van der Waals surface area contributed by atoms with E-state index in [9.17, 15) is 5.11 Å². The molecule has 98 valence electrons. The molecule has 0 aliphatic rings. The zero-order valence-electron chi connectivity index (χ0n) is 9.37. The average Bonchev–Trinajstić information content (AvgIpc) is 2.36. The van der Waals surface area contributed by atoms with E-state index in [2.05, 4.69) is 36.9 Å². The third-order valence-corrected chi connectivity index (χ3v) is 4.11. The van der Waals surface area contributed by atoms with Gasteiger partial charge >= 0.3 is 0 Å². The lowest BCUT2D eigenvalue weighted by Gasteiger charge is -2.03. The molecule has 1 N–H and O–H groups in total. The number of halogens is 4. The first-order valence-corrected chi connectivity index (χ1v) is 7.48. The number of aromatic hydroxyl groups is 1. The quantitative estimate of drug-likeness (QED) is 0.592. The lowest BCUT2D eigenvalue weighted by molar-refractivity contribution is 0.471. The number of hydrogen-bond donors (Lipinski definition) is 1. The van der Waals surface area contributed by atoms with Crippen LogP contribution >= 0.6 is 55.1 Å². The molecule has 0 saturated heterocycles. The molecule has 2 nitrogen and oxygen atoms in total. The van der Waals surface area contributed by atoms with E-state index < -0.39 is 0 Å². The number of phenolic OH excluding ortho intramolecular Hbond substituents is 1. The van der Waals surface area contributed by atoms with Crippen LogP contribution in [0.2, 0.25) is 10.0 Å². The zero-order chi connectivity index (χ0) is 14.0. The van der Waals surface area contributed by atoms with Crippen LogP contribution in [0.4, 0.5) is 5.69 Å². The Morgan fingerprint density at radius 1 is 1.05 bits per heavy atom. The Morgan fingerprint density at radius 3 is 2.47 bits per heavy atom. The van der Waals surface area contributed by atoms with Crippen molar-refractivity contribution in [3.05, 3.63) is 54.9 Å². The van der Waals surface area contributed by atoms with Crippen LogP contribution in [0, 0.1) is 0 Å². The van der Waals surface area contributed by atoms with Crippen LogP contribution in [0.15, 0.2) is 44.3 Å². The monoisotopic (exact) mass is 421 g/mol. The van der Waals surface area contributed by atoms with Crippen molar-refractivity contribution in [2.24, 2.45) is 4.99 Å². The van der Waals surface area contributed by atoms with E-state index in [-0.39, 0.29) is 5.75 Å². The minimum Gasteiger partial charge on any atom is -0.506 e. The largest absolute Gasteiger partial charge is 0.506 e. The number of phenols is 1.